The van der Waals surface area contributed by atoms with Gasteiger partial charge in [-0.3, -0.25) is 5.10 Å². The molecule has 0 radical (unpaired) electrons. The van der Waals surface area contributed by atoms with Gasteiger partial charge in [0.1, 0.15) is 15.0 Å². The SMILES string of the molecule is COc1ccc(Cl)c2c(I)[nH]nc12. The number of aromatic amines is 1. The molecule has 0 bridgehead atoms. The molecule has 13 heavy (non-hydrogen) atoms. The van der Waals surface area contributed by atoms with Gasteiger partial charge in [0.25, 0.3) is 0 Å². The predicted octanol–water partition coefficient (Wildman–Crippen LogP) is 2.83. The number of hydrogen-bond donors (Lipinski definition) is 1. The molecule has 0 spiro atoms. The molecule has 0 aliphatic rings. The van der Waals surface area contributed by atoms with Crippen molar-refractivity contribution in [2.75, 3.05) is 7.11 Å². The fourth-order valence-corrected chi connectivity index (χ4v) is 2.27. The average Bonchev–Trinajstić information content (AvgIpc) is 2.50. The molecule has 1 heterocycles. The van der Waals surface area contributed by atoms with E-state index < -0.39 is 0 Å². The second-order valence-corrected chi connectivity index (χ2v) is 4.00. The van der Waals surface area contributed by atoms with Gasteiger partial charge in [-0.05, 0) is 34.7 Å². The summed E-state index contributed by atoms with van der Waals surface area (Å²) in [6.07, 6.45) is 0. The van der Waals surface area contributed by atoms with E-state index >= 15 is 0 Å². The Bertz CT molecular complexity index is 455. The van der Waals surface area contributed by atoms with Crippen LogP contribution >= 0.6 is 34.2 Å². The quantitative estimate of drug-likeness (QED) is 0.823. The van der Waals surface area contributed by atoms with Crippen LogP contribution < -0.4 is 4.74 Å². The maximum Gasteiger partial charge on any atom is 0.147 e. The first kappa shape index (κ1) is 9.08. The average molecular weight is 309 g/mol. The fraction of sp³-hybridized carbons (Fsp3) is 0.125. The van der Waals surface area contributed by atoms with Crippen molar-refractivity contribution in [2.24, 2.45) is 0 Å². The highest BCUT2D eigenvalue weighted by Crippen LogP contribution is 2.32. The molecule has 0 saturated heterocycles. The summed E-state index contributed by atoms with van der Waals surface area (Å²) in [7, 11) is 1.62. The molecule has 1 aromatic heterocycles. The highest BCUT2D eigenvalue weighted by Gasteiger charge is 2.11. The van der Waals surface area contributed by atoms with E-state index in [1.165, 1.54) is 0 Å². The van der Waals surface area contributed by atoms with Crippen LogP contribution in [0, 0.1) is 3.70 Å². The lowest BCUT2D eigenvalue weighted by Crippen LogP contribution is -1.84. The molecule has 2 aromatic rings. The Morgan fingerprint density at radius 1 is 1.54 bits per heavy atom. The molecule has 1 aromatic carbocycles. The largest absolute Gasteiger partial charge is 0.494 e. The normalized spacial score (nSPS) is 10.7. The third-order valence-electron chi connectivity index (χ3n) is 1.80. The second-order valence-electron chi connectivity index (χ2n) is 2.51. The van der Waals surface area contributed by atoms with Gasteiger partial charge in [-0.2, -0.15) is 5.10 Å². The van der Waals surface area contributed by atoms with Crippen LogP contribution in [0.1, 0.15) is 0 Å². The van der Waals surface area contributed by atoms with Gasteiger partial charge in [0.2, 0.25) is 0 Å². The van der Waals surface area contributed by atoms with Crippen molar-refractivity contribution < 1.29 is 4.74 Å². The number of nitrogens with zero attached hydrogens (tertiary/aromatic N) is 1. The minimum atomic E-state index is 0.689. The minimum Gasteiger partial charge on any atom is -0.494 e. The number of hydrogen-bond acceptors (Lipinski definition) is 2. The highest BCUT2D eigenvalue weighted by atomic mass is 127. The smallest absolute Gasteiger partial charge is 0.147 e. The van der Waals surface area contributed by atoms with E-state index in [0.29, 0.717) is 5.02 Å². The molecule has 1 N–H and O–H groups in total. The molecular formula is C8H6ClIN2O. The van der Waals surface area contributed by atoms with Crippen LogP contribution in [0.2, 0.25) is 5.02 Å². The maximum absolute atomic E-state index is 6.01. The second kappa shape index (κ2) is 3.34. The number of fused-ring (bicyclic) bond motifs is 1. The molecule has 5 heteroatoms. The Hall–Kier alpha value is -0.490. The van der Waals surface area contributed by atoms with Gasteiger partial charge in [-0.1, -0.05) is 11.6 Å². The van der Waals surface area contributed by atoms with Crippen molar-refractivity contribution >= 4 is 45.1 Å². The van der Waals surface area contributed by atoms with E-state index in [2.05, 4.69) is 32.8 Å². The van der Waals surface area contributed by atoms with Crippen molar-refractivity contribution in [3.63, 3.8) is 0 Å². The predicted molar refractivity (Wildman–Crippen MR) is 60.4 cm³/mol. The monoisotopic (exact) mass is 308 g/mol. The minimum absolute atomic E-state index is 0.689. The summed E-state index contributed by atoms with van der Waals surface area (Å²) in [5.74, 6) is 0.735. The van der Waals surface area contributed by atoms with Gasteiger partial charge in [0.05, 0.1) is 17.5 Å². The molecular weight excluding hydrogens is 302 g/mol. The van der Waals surface area contributed by atoms with Gasteiger partial charge < -0.3 is 4.74 Å². The number of methoxy groups -OCH3 is 1. The molecule has 3 nitrogen and oxygen atoms in total. The van der Waals surface area contributed by atoms with Gasteiger partial charge in [-0.15, -0.1) is 0 Å². The lowest BCUT2D eigenvalue weighted by Gasteiger charge is -2.00. The first-order valence-electron chi connectivity index (χ1n) is 3.60. The summed E-state index contributed by atoms with van der Waals surface area (Å²) in [5.41, 5.74) is 0.777. The molecule has 68 valence electrons. The molecule has 2 rings (SSSR count). The summed E-state index contributed by atoms with van der Waals surface area (Å²) >= 11 is 8.17. The van der Waals surface area contributed by atoms with Crippen LogP contribution in [0.25, 0.3) is 10.9 Å². The van der Waals surface area contributed by atoms with E-state index in [-0.39, 0.29) is 0 Å². The first-order valence-corrected chi connectivity index (χ1v) is 5.05. The molecule has 0 atom stereocenters. The van der Waals surface area contributed by atoms with Gasteiger partial charge in [-0.25, -0.2) is 0 Å². The number of rotatable bonds is 1. The third kappa shape index (κ3) is 1.38. The number of nitrogens with one attached hydrogen (secondary N) is 1. The fourth-order valence-electron chi connectivity index (χ4n) is 1.19. The lowest BCUT2D eigenvalue weighted by molar-refractivity contribution is 0.419. The van der Waals surface area contributed by atoms with E-state index in [1.807, 2.05) is 6.07 Å². The number of aromatic nitrogens is 2. The van der Waals surface area contributed by atoms with Crippen LogP contribution in [0.15, 0.2) is 12.1 Å². The van der Waals surface area contributed by atoms with Crippen molar-refractivity contribution in [3.8, 4) is 5.75 Å². The Morgan fingerprint density at radius 2 is 2.31 bits per heavy atom. The molecule has 0 unspecified atom stereocenters. The van der Waals surface area contributed by atoms with Crippen molar-refractivity contribution in [3.05, 3.63) is 20.9 Å². The van der Waals surface area contributed by atoms with Crippen LogP contribution in [0.3, 0.4) is 0 Å². The van der Waals surface area contributed by atoms with Gasteiger partial charge in [0, 0.05) is 0 Å². The summed E-state index contributed by atoms with van der Waals surface area (Å²) < 4.78 is 6.08. The van der Waals surface area contributed by atoms with Crippen LogP contribution in [-0.2, 0) is 0 Å². The Labute approximate surface area is 93.6 Å². The van der Waals surface area contributed by atoms with Gasteiger partial charge >= 0.3 is 0 Å². The number of benzene rings is 1. The number of H-pyrrole nitrogens is 1. The van der Waals surface area contributed by atoms with Crippen molar-refractivity contribution in [1.29, 1.82) is 0 Å². The van der Waals surface area contributed by atoms with E-state index in [9.17, 15) is 0 Å². The molecule has 0 amide bonds. The molecule has 0 aliphatic heterocycles. The summed E-state index contributed by atoms with van der Waals surface area (Å²) in [4.78, 5) is 0. The molecule has 0 fully saturated rings. The number of halogens is 2. The van der Waals surface area contributed by atoms with Crippen molar-refractivity contribution in [2.45, 2.75) is 0 Å². The van der Waals surface area contributed by atoms with E-state index in [0.717, 1.165) is 20.4 Å². The zero-order valence-electron chi connectivity index (χ0n) is 6.77. The molecule has 0 aliphatic carbocycles. The first-order chi connectivity index (χ1) is 6.24. The Balaban J connectivity index is 2.87. The topological polar surface area (TPSA) is 37.9 Å². The van der Waals surface area contributed by atoms with E-state index in [4.69, 9.17) is 16.3 Å². The zero-order chi connectivity index (χ0) is 9.42. The third-order valence-corrected chi connectivity index (χ3v) is 2.89. The Kier molecular flexibility index (Phi) is 2.33. The van der Waals surface area contributed by atoms with Crippen molar-refractivity contribution in [1.82, 2.24) is 10.2 Å². The van der Waals surface area contributed by atoms with Crippen LogP contribution in [0.5, 0.6) is 5.75 Å². The highest BCUT2D eigenvalue weighted by molar-refractivity contribution is 14.1. The maximum atomic E-state index is 6.01. The summed E-state index contributed by atoms with van der Waals surface area (Å²) in [6, 6.07) is 3.61. The zero-order valence-corrected chi connectivity index (χ0v) is 9.68. The van der Waals surface area contributed by atoms with Gasteiger partial charge in [0.15, 0.2) is 0 Å². The summed E-state index contributed by atoms with van der Waals surface area (Å²) in [5, 5.41) is 8.58. The molecule has 0 saturated carbocycles. The van der Waals surface area contributed by atoms with Crippen LogP contribution in [-0.4, -0.2) is 17.3 Å². The van der Waals surface area contributed by atoms with E-state index in [1.54, 1.807) is 13.2 Å². The standard InChI is InChI=1S/C8H6ClIN2O/c1-13-5-3-2-4(9)6-7(5)11-12-8(6)10/h2-3H,1H3,(H,11,12). The lowest BCUT2D eigenvalue weighted by atomic mass is 10.2. The van der Waals surface area contributed by atoms with Crippen LogP contribution in [0.4, 0.5) is 0 Å². The number of ether oxygens (including phenoxy) is 1. The summed E-state index contributed by atoms with van der Waals surface area (Å²) in [6.45, 7) is 0. The Morgan fingerprint density at radius 3 is 3.00 bits per heavy atom.